The average Bonchev–Trinajstić information content (AvgIpc) is 3.14. The van der Waals surface area contributed by atoms with Gasteiger partial charge < -0.3 is 14.6 Å². The van der Waals surface area contributed by atoms with Crippen LogP contribution in [0.5, 0.6) is 5.75 Å². The zero-order valence-electron chi connectivity index (χ0n) is 16.0. The van der Waals surface area contributed by atoms with E-state index in [0.717, 1.165) is 47.2 Å². The summed E-state index contributed by atoms with van der Waals surface area (Å²) in [7, 11) is 2.22. The topological polar surface area (TPSA) is 54.0 Å². The van der Waals surface area contributed by atoms with Gasteiger partial charge in [-0.05, 0) is 76.0 Å². The van der Waals surface area contributed by atoms with Crippen LogP contribution in [0.25, 0.3) is 22.6 Å². The van der Waals surface area contributed by atoms with Gasteiger partial charge >= 0.3 is 0 Å². The summed E-state index contributed by atoms with van der Waals surface area (Å²) in [4.78, 5) is 14.6. The summed E-state index contributed by atoms with van der Waals surface area (Å²) >= 11 is 0. The van der Waals surface area contributed by atoms with Crippen molar-refractivity contribution < 1.29 is 4.74 Å². The van der Waals surface area contributed by atoms with Crippen molar-refractivity contribution in [3.05, 3.63) is 42.6 Å². The minimum Gasteiger partial charge on any atom is -0.494 e. The number of piperidine rings is 1. The highest BCUT2D eigenvalue weighted by atomic mass is 16.5. The van der Waals surface area contributed by atoms with Gasteiger partial charge in [-0.25, -0.2) is 9.97 Å². The number of aromatic amines is 1. The monoisotopic (exact) mass is 364 g/mol. The summed E-state index contributed by atoms with van der Waals surface area (Å²) in [5, 5.41) is 0. The van der Waals surface area contributed by atoms with Gasteiger partial charge in [0.15, 0.2) is 5.65 Å². The van der Waals surface area contributed by atoms with Crippen LogP contribution in [0.1, 0.15) is 32.1 Å². The highest BCUT2D eigenvalue weighted by Crippen LogP contribution is 2.24. The summed E-state index contributed by atoms with van der Waals surface area (Å²) < 4.78 is 5.98. The first-order chi connectivity index (χ1) is 13.3. The summed E-state index contributed by atoms with van der Waals surface area (Å²) in [6.45, 7) is 3.29. The molecule has 5 nitrogen and oxygen atoms in total. The van der Waals surface area contributed by atoms with Gasteiger partial charge in [0.2, 0.25) is 0 Å². The molecule has 1 N–H and O–H groups in total. The first kappa shape index (κ1) is 18.0. The number of nitrogens with zero attached hydrogens (tertiary/aromatic N) is 3. The van der Waals surface area contributed by atoms with Crippen LogP contribution < -0.4 is 4.74 Å². The lowest BCUT2D eigenvalue weighted by molar-refractivity contribution is 0.206. The van der Waals surface area contributed by atoms with Crippen molar-refractivity contribution in [2.75, 3.05) is 26.7 Å². The van der Waals surface area contributed by atoms with Crippen molar-refractivity contribution in [3.63, 3.8) is 0 Å². The minimum absolute atomic E-state index is 0.776. The zero-order chi connectivity index (χ0) is 18.5. The molecule has 0 atom stereocenters. The first-order valence-electron chi connectivity index (χ1n) is 10.0. The molecule has 0 unspecified atom stereocenters. The van der Waals surface area contributed by atoms with Crippen molar-refractivity contribution >= 4 is 11.2 Å². The van der Waals surface area contributed by atoms with Gasteiger partial charge in [-0.2, -0.15) is 0 Å². The van der Waals surface area contributed by atoms with E-state index in [2.05, 4.69) is 33.0 Å². The molecule has 3 heterocycles. The Hall–Kier alpha value is -2.40. The fraction of sp³-hybridized carbons (Fsp3) is 0.455. The molecule has 0 saturated carbocycles. The number of rotatable bonds is 7. The predicted octanol–water partition coefficient (Wildman–Crippen LogP) is 4.52. The number of benzene rings is 1. The van der Waals surface area contributed by atoms with Crippen LogP contribution in [-0.2, 0) is 0 Å². The predicted molar refractivity (Wildman–Crippen MR) is 109 cm³/mol. The van der Waals surface area contributed by atoms with Crippen LogP contribution in [0.15, 0.2) is 42.6 Å². The Morgan fingerprint density at radius 1 is 1.15 bits per heavy atom. The maximum atomic E-state index is 5.98. The van der Waals surface area contributed by atoms with Gasteiger partial charge in [-0.15, -0.1) is 0 Å². The standard InChI is InChI=1S/C22H28N4O/c1-26-13-10-17(11-14-26)6-2-3-15-27-19-8-4-7-18(16-19)21-24-20-9-5-12-23-22(20)25-21/h4-5,7-9,12,16-17H,2-3,6,10-11,13-15H2,1H3,(H,23,24,25). The van der Waals surface area contributed by atoms with Crippen LogP contribution in [0.2, 0.25) is 0 Å². The third-order valence-electron chi connectivity index (χ3n) is 5.48. The number of fused-ring (bicyclic) bond motifs is 1. The number of pyridine rings is 1. The van der Waals surface area contributed by atoms with Crippen molar-refractivity contribution in [1.29, 1.82) is 0 Å². The van der Waals surface area contributed by atoms with Gasteiger partial charge in [0.1, 0.15) is 17.1 Å². The second kappa shape index (κ2) is 8.53. The summed E-state index contributed by atoms with van der Waals surface area (Å²) in [6.07, 6.45) is 8.19. The van der Waals surface area contributed by atoms with E-state index in [0.29, 0.717) is 0 Å². The normalized spacial score (nSPS) is 16.0. The van der Waals surface area contributed by atoms with Crippen LogP contribution in [0.3, 0.4) is 0 Å². The van der Waals surface area contributed by atoms with Gasteiger partial charge in [-0.1, -0.05) is 18.6 Å². The Bertz CT molecular complexity index is 834. The Balaban J connectivity index is 1.27. The Morgan fingerprint density at radius 3 is 2.89 bits per heavy atom. The SMILES string of the molecule is CN1CCC(CCCCOc2cccc(-c3nc4cccnc4[nH]3)c2)CC1. The van der Waals surface area contributed by atoms with Gasteiger partial charge in [0.05, 0.1) is 6.61 Å². The number of hydrogen-bond acceptors (Lipinski definition) is 4. The molecule has 1 aliphatic heterocycles. The molecular formula is C22H28N4O. The van der Waals surface area contributed by atoms with Gasteiger partial charge in [-0.3, -0.25) is 0 Å². The van der Waals surface area contributed by atoms with Crippen molar-refractivity contribution in [1.82, 2.24) is 19.9 Å². The maximum Gasteiger partial charge on any atom is 0.157 e. The molecule has 4 rings (SSSR count). The van der Waals surface area contributed by atoms with Gasteiger partial charge in [0, 0.05) is 11.8 Å². The number of likely N-dealkylation sites (tertiary alicyclic amines) is 1. The molecule has 1 saturated heterocycles. The molecule has 142 valence electrons. The van der Waals surface area contributed by atoms with Crippen LogP contribution in [0.4, 0.5) is 0 Å². The van der Waals surface area contributed by atoms with E-state index in [1.54, 1.807) is 6.20 Å². The zero-order valence-corrected chi connectivity index (χ0v) is 16.0. The highest BCUT2D eigenvalue weighted by Gasteiger charge is 2.15. The Kier molecular flexibility index (Phi) is 5.68. The first-order valence-corrected chi connectivity index (χ1v) is 10.0. The number of unbranched alkanes of at least 4 members (excludes halogenated alkanes) is 1. The van der Waals surface area contributed by atoms with Crippen LogP contribution in [-0.4, -0.2) is 46.6 Å². The number of aromatic nitrogens is 3. The quantitative estimate of drug-likeness (QED) is 0.627. The minimum atomic E-state index is 0.776. The molecule has 0 spiro atoms. The lowest BCUT2D eigenvalue weighted by atomic mass is 9.92. The largest absolute Gasteiger partial charge is 0.494 e. The lowest BCUT2D eigenvalue weighted by Gasteiger charge is -2.28. The van der Waals surface area contributed by atoms with E-state index in [1.165, 1.54) is 38.8 Å². The van der Waals surface area contributed by atoms with Crippen molar-refractivity contribution in [2.24, 2.45) is 5.92 Å². The van der Waals surface area contributed by atoms with Crippen LogP contribution >= 0.6 is 0 Å². The highest BCUT2D eigenvalue weighted by molar-refractivity contribution is 5.75. The van der Waals surface area contributed by atoms with E-state index in [-0.39, 0.29) is 0 Å². The fourth-order valence-electron chi connectivity index (χ4n) is 3.79. The molecule has 0 bridgehead atoms. The van der Waals surface area contributed by atoms with Crippen LogP contribution in [0, 0.1) is 5.92 Å². The summed E-state index contributed by atoms with van der Waals surface area (Å²) in [5.74, 6) is 2.64. The molecule has 5 heteroatoms. The molecule has 3 aromatic rings. The number of imidazole rings is 1. The van der Waals surface area contributed by atoms with E-state index in [1.807, 2.05) is 30.3 Å². The fourth-order valence-corrected chi connectivity index (χ4v) is 3.79. The van der Waals surface area contributed by atoms with Gasteiger partial charge in [0.25, 0.3) is 0 Å². The number of hydrogen-bond donors (Lipinski definition) is 1. The molecule has 2 aromatic heterocycles. The Morgan fingerprint density at radius 2 is 2.04 bits per heavy atom. The molecule has 1 aromatic carbocycles. The van der Waals surface area contributed by atoms with E-state index < -0.39 is 0 Å². The number of nitrogens with one attached hydrogen (secondary N) is 1. The van der Waals surface area contributed by atoms with E-state index in [4.69, 9.17) is 4.74 Å². The average molecular weight is 364 g/mol. The van der Waals surface area contributed by atoms with E-state index in [9.17, 15) is 0 Å². The second-order valence-corrected chi connectivity index (χ2v) is 7.58. The third-order valence-corrected chi connectivity index (χ3v) is 5.48. The third kappa shape index (κ3) is 4.66. The molecule has 27 heavy (non-hydrogen) atoms. The summed E-state index contributed by atoms with van der Waals surface area (Å²) in [6, 6.07) is 12.0. The summed E-state index contributed by atoms with van der Waals surface area (Å²) in [5.41, 5.74) is 2.72. The number of ether oxygens (including phenoxy) is 1. The van der Waals surface area contributed by atoms with Crippen molar-refractivity contribution in [3.8, 4) is 17.1 Å². The second-order valence-electron chi connectivity index (χ2n) is 7.58. The molecule has 1 aliphatic rings. The smallest absolute Gasteiger partial charge is 0.157 e. The molecule has 1 fully saturated rings. The van der Waals surface area contributed by atoms with E-state index >= 15 is 0 Å². The molecule has 0 aliphatic carbocycles. The lowest BCUT2D eigenvalue weighted by Crippen LogP contribution is -2.30. The van der Waals surface area contributed by atoms with Crippen molar-refractivity contribution in [2.45, 2.75) is 32.1 Å². The molecule has 0 amide bonds. The maximum absolute atomic E-state index is 5.98. The molecular weight excluding hydrogens is 336 g/mol. The number of H-pyrrole nitrogens is 1. The Labute approximate surface area is 160 Å². The molecule has 0 radical (unpaired) electrons.